The van der Waals surface area contributed by atoms with Crippen LogP contribution < -0.4 is 10.1 Å². The van der Waals surface area contributed by atoms with Crippen molar-refractivity contribution >= 4 is 51.9 Å². The number of rotatable bonds is 7. The number of hydrogen-bond acceptors (Lipinski definition) is 6. The highest BCUT2D eigenvalue weighted by molar-refractivity contribution is 6.36. The number of halogens is 2. The SMILES string of the molecule is Cc1nc(NC(=O)COC(=O)c2oc3ccccc3c2COc2ccccc2)c(Cl)cc1Cl. The molecular weight excluding hydrogens is 467 g/mol. The predicted molar refractivity (Wildman–Crippen MR) is 125 cm³/mol. The van der Waals surface area contributed by atoms with Crippen molar-refractivity contribution in [3.05, 3.63) is 87.7 Å². The number of anilines is 1. The summed E-state index contributed by atoms with van der Waals surface area (Å²) in [7, 11) is 0. The molecule has 4 aromatic rings. The first-order valence-corrected chi connectivity index (χ1v) is 10.7. The molecule has 168 valence electrons. The molecule has 0 saturated heterocycles. The van der Waals surface area contributed by atoms with Crippen LogP contribution in [0, 0.1) is 6.92 Å². The van der Waals surface area contributed by atoms with Crippen LogP contribution in [0.15, 0.2) is 65.1 Å². The Bertz CT molecular complexity index is 1320. The van der Waals surface area contributed by atoms with Gasteiger partial charge in [-0.05, 0) is 31.2 Å². The Morgan fingerprint density at radius 3 is 2.55 bits per heavy atom. The summed E-state index contributed by atoms with van der Waals surface area (Å²) in [6.45, 7) is 1.20. The van der Waals surface area contributed by atoms with Crippen molar-refractivity contribution in [3.63, 3.8) is 0 Å². The third-order valence-electron chi connectivity index (χ3n) is 4.71. The van der Waals surface area contributed by atoms with Crippen molar-refractivity contribution in [2.45, 2.75) is 13.5 Å². The lowest BCUT2D eigenvalue weighted by Gasteiger charge is -2.09. The number of nitrogens with zero attached hydrogens (tertiary/aromatic N) is 1. The third-order valence-corrected chi connectivity index (χ3v) is 5.38. The quantitative estimate of drug-likeness (QED) is 0.332. The predicted octanol–water partition coefficient (Wildman–Crippen LogP) is 5.82. The van der Waals surface area contributed by atoms with Crippen molar-refractivity contribution in [1.82, 2.24) is 4.98 Å². The molecule has 7 nitrogen and oxygen atoms in total. The number of esters is 1. The summed E-state index contributed by atoms with van der Waals surface area (Å²) in [6, 6.07) is 17.8. The van der Waals surface area contributed by atoms with E-state index in [2.05, 4.69) is 10.3 Å². The second kappa shape index (κ2) is 9.94. The van der Waals surface area contributed by atoms with Gasteiger partial charge < -0.3 is 19.2 Å². The van der Waals surface area contributed by atoms with E-state index in [1.54, 1.807) is 19.1 Å². The van der Waals surface area contributed by atoms with E-state index in [-0.39, 0.29) is 23.2 Å². The van der Waals surface area contributed by atoms with E-state index in [4.69, 9.17) is 37.1 Å². The number of aryl methyl sites for hydroxylation is 1. The number of aromatic nitrogens is 1. The molecule has 0 bridgehead atoms. The number of benzene rings is 2. The zero-order valence-electron chi connectivity index (χ0n) is 17.4. The molecule has 0 fully saturated rings. The molecule has 0 radical (unpaired) electrons. The number of amides is 1. The van der Waals surface area contributed by atoms with E-state index in [0.29, 0.717) is 27.6 Å². The number of pyridine rings is 1. The fraction of sp³-hybridized carbons (Fsp3) is 0.125. The van der Waals surface area contributed by atoms with Gasteiger partial charge in [0.05, 0.1) is 21.3 Å². The average molecular weight is 485 g/mol. The van der Waals surface area contributed by atoms with Crippen LogP contribution in [0.25, 0.3) is 11.0 Å². The zero-order chi connectivity index (χ0) is 23.4. The van der Waals surface area contributed by atoms with Gasteiger partial charge in [0, 0.05) is 5.39 Å². The molecule has 0 aliphatic carbocycles. The minimum absolute atomic E-state index is 0.0292. The first-order chi connectivity index (χ1) is 15.9. The first kappa shape index (κ1) is 22.6. The molecule has 0 aliphatic rings. The molecule has 0 atom stereocenters. The molecule has 0 aliphatic heterocycles. The van der Waals surface area contributed by atoms with Crippen LogP contribution in [0.1, 0.15) is 21.8 Å². The number of hydrogen-bond donors (Lipinski definition) is 1. The van der Waals surface area contributed by atoms with Gasteiger partial charge in [-0.15, -0.1) is 0 Å². The number of para-hydroxylation sites is 2. The van der Waals surface area contributed by atoms with Crippen molar-refractivity contribution in [2.24, 2.45) is 0 Å². The number of carbonyl (C=O) groups is 2. The van der Waals surface area contributed by atoms with Gasteiger partial charge in [-0.3, -0.25) is 4.79 Å². The maximum atomic E-state index is 12.8. The molecule has 4 rings (SSSR count). The van der Waals surface area contributed by atoms with Crippen LogP contribution in [-0.4, -0.2) is 23.5 Å². The molecule has 0 spiro atoms. The third kappa shape index (κ3) is 5.27. The van der Waals surface area contributed by atoms with Gasteiger partial charge in [-0.25, -0.2) is 9.78 Å². The minimum atomic E-state index is -0.792. The number of nitrogens with one attached hydrogen (secondary N) is 1. The van der Waals surface area contributed by atoms with Crippen LogP contribution in [0.4, 0.5) is 5.82 Å². The van der Waals surface area contributed by atoms with Crippen molar-refractivity contribution in [3.8, 4) is 5.75 Å². The Hall–Kier alpha value is -3.55. The fourth-order valence-electron chi connectivity index (χ4n) is 3.09. The van der Waals surface area contributed by atoms with E-state index in [9.17, 15) is 9.59 Å². The molecule has 9 heteroatoms. The lowest BCUT2D eigenvalue weighted by atomic mass is 10.1. The second-order valence-electron chi connectivity index (χ2n) is 7.02. The molecule has 2 heterocycles. The van der Waals surface area contributed by atoms with Gasteiger partial charge in [0.15, 0.2) is 12.4 Å². The molecule has 33 heavy (non-hydrogen) atoms. The maximum Gasteiger partial charge on any atom is 0.375 e. The lowest BCUT2D eigenvalue weighted by Crippen LogP contribution is -2.22. The van der Waals surface area contributed by atoms with Crippen LogP contribution >= 0.6 is 23.2 Å². The van der Waals surface area contributed by atoms with E-state index < -0.39 is 18.5 Å². The highest BCUT2D eigenvalue weighted by atomic mass is 35.5. The average Bonchev–Trinajstić information content (AvgIpc) is 3.19. The smallest absolute Gasteiger partial charge is 0.375 e. The minimum Gasteiger partial charge on any atom is -0.489 e. The standard InChI is InChI=1S/C24H18Cl2N2O5/c1-14-18(25)11-19(26)23(27-14)28-21(29)13-32-24(30)22-17(12-31-15-7-3-2-4-8-15)16-9-5-6-10-20(16)33-22/h2-11H,12-13H2,1H3,(H,27,28,29). The topological polar surface area (TPSA) is 90.7 Å². The summed E-state index contributed by atoms with van der Waals surface area (Å²) >= 11 is 12.0. The summed E-state index contributed by atoms with van der Waals surface area (Å²) < 4.78 is 16.7. The van der Waals surface area contributed by atoms with E-state index in [0.717, 1.165) is 5.39 Å². The van der Waals surface area contributed by atoms with E-state index >= 15 is 0 Å². The Labute approximate surface area is 199 Å². The number of ether oxygens (including phenoxy) is 2. The number of fused-ring (bicyclic) bond motifs is 1. The molecule has 1 N–H and O–H groups in total. The van der Waals surface area contributed by atoms with E-state index in [1.807, 2.05) is 42.5 Å². The van der Waals surface area contributed by atoms with Crippen molar-refractivity contribution in [1.29, 1.82) is 0 Å². The van der Waals surface area contributed by atoms with Crippen LogP contribution in [0.2, 0.25) is 10.0 Å². The fourth-order valence-corrected chi connectivity index (χ4v) is 3.50. The van der Waals surface area contributed by atoms with Gasteiger partial charge >= 0.3 is 5.97 Å². The Kier molecular flexibility index (Phi) is 6.82. The second-order valence-corrected chi connectivity index (χ2v) is 7.83. The monoisotopic (exact) mass is 484 g/mol. The summed E-state index contributed by atoms with van der Waals surface area (Å²) in [5, 5.41) is 3.76. The Morgan fingerprint density at radius 2 is 1.76 bits per heavy atom. The summed E-state index contributed by atoms with van der Waals surface area (Å²) in [4.78, 5) is 29.2. The summed E-state index contributed by atoms with van der Waals surface area (Å²) in [6.07, 6.45) is 0. The molecule has 1 amide bonds. The summed E-state index contributed by atoms with van der Waals surface area (Å²) in [5.74, 6) is -0.667. The molecular formula is C24H18Cl2N2O5. The number of furan rings is 1. The normalized spacial score (nSPS) is 10.8. The van der Waals surface area contributed by atoms with Crippen LogP contribution in [-0.2, 0) is 16.1 Å². The molecule has 0 unspecified atom stereocenters. The van der Waals surface area contributed by atoms with E-state index in [1.165, 1.54) is 6.07 Å². The molecule has 2 aromatic heterocycles. The van der Waals surface area contributed by atoms with Gasteiger partial charge in [0.25, 0.3) is 5.91 Å². The highest BCUT2D eigenvalue weighted by Gasteiger charge is 2.23. The zero-order valence-corrected chi connectivity index (χ0v) is 18.9. The van der Waals surface area contributed by atoms with Gasteiger partial charge in [0.1, 0.15) is 17.9 Å². The van der Waals surface area contributed by atoms with Crippen LogP contribution in [0.3, 0.4) is 0 Å². The first-order valence-electron chi connectivity index (χ1n) is 9.90. The Balaban J connectivity index is 1.47. The largest absolute Gasteiger partial charge is 0.489 e. The lowest BCUT2D eigenvalue weighted by molar-refractivity contribution is -0.119. The summed E-state index contributed by atoms with van der Waals surface area (Å²) in [5.41, 5.74) is 1.53. The molecule has 2 aromatic carbocycles. The van der Waals surface area contributed by atoms with Gasteiger partial charge in [0.2, 0.25) is 5.76 Å². The van der Waals surface area contributed by atoms with Gasteiger partial charge in [-0.1, -0.05) is 59.6 Å². The van der Waals surface area contributed by atoms with Crippen LogP contribution in [0.5, 0.6) is 5.75 Å². The Morgan fingerprint density at radius 1 is 1.03 bits per heavy atom. The highest BCUT2D eigenvalue weighted by Crippen LogP contribution is 2.28. The molecule has 0 saturated carbocycles. The van der Waals surface area contributed by atoms with Gasteiger partial charge in [-0.2, -0.15) is 0 Å². The number of carbonyl (C=O) groups excluding carboxylic acids is 2. The maximum absolute atomic E-state index is 12.8. The van der Waals surface area contributed by atoms with Crippen molar-refractivity contribution < 1.29 is 23.5 Å². The van der Waals surface area contributed by atoms with Crippen molar-refractivity contribution in [2.75, 3.05) is 11.9 Å².